The maximum absolute atomic E-state index is 4.35. The molecule has 0 aliphatic heterocycles. The molecule has 0 radical (unpaired) electrons. The van der Waals surface area contributed by atoms with E-state index in [-0.39, 0.29) is 0 Å². The number of H-pyrrole nitrogens is 1. The van der Waals surface area contributed by atoms with Gasteiger partial charge in [0.1, 0.15) is 0 Å². The molecule has 4 rings (SSSR count). The zero-order chi connectivity index (χ0) is 17.0. The predicted molar refractivity (Wildman–Crippen MR) is 106 cm³/mol. The topological polar surface area (TPSA) is 41.6 Å². The van der Waals surface area contributed by atoms with Crippen molar-refractivity contribution >= 4 is 35.4 Å². The zero-order valence-electron chi connectivity index (χ0n) is 13.5. The van der Waals surface area contributed by atoms with Crippen molar-refractivity contribution in [3.05, 3.63) is 97.2 Å². The Hall–Kier alpha value is -2.31. The van der Waals surface area contributed by atoms with Gasteiger partial charge >= 0.3 is 153 Å². The standard InChI is InChI=1S/C20H17GeN3S/c1-4-10-17(11-5-1)21(18-12-6-2-7-13-18,19-14-8-3-9-15-19)25-20-16-22-24-23-20/h1-16H,(H,22,23,24). The fraction of sp³-hybridized carbons (Fsp3) is 0. The van der Waals surface area contributed by atoms with Crippen molar-refractivity contribution in [1.82, 2.24) is 15.4 Å². The van der Waals surface area contributed by atoms with Crippen LogP contribution in [0.3, 0.4) is 0 Å². The molecule has 3 nitrogen and oxygen atoms in total. The third-order valence-electron chi connectivity index (χ3n) is 4.19. The predicted octanol–water partition coefficient (Wildman–Crippen LogP) is 2.56. The van der Waals surface area contributed by atoms with Crippen LogP contribution >= 0.6 is 10.1 Å². The fourth-order valence-corrected chi connectivity index (χ4v) is 17.2. The molecule has 0 aliphatic carbocycles. The van der Waals surface area contributed by atoms with Crippen molar-refractivity contribution in [1.29, 1.82) is 0 Å². The van der Waals surface area contributed by atoms with Gasteiger partial charge in [0.25, 0.3) is 0 Å². The van der Waals surface area contributed by atoms with E-state index in [1.165, 1.54) is 13.2 Å². The van der Waals surface area contributed by atoms with Crippen LogP contribution in [0.2, 0.25) is 0 Å². The summed E-state index contributed by atoms with van der Waals surface area (Å²) in [4.78, 5) is 0. The van der Waals surface area contributed by atoms with Gasteiger partial charge in [0.05, 0.1) is 0 Å². The summed E-state index contributed by atoms with van der Waals surface area (Å²) in [5.74, 6) is 0. The molecule has 0 saturated carbocycles. The van der Waals surface area contributed by atoms with Crippen molar-refractivity contribution in [3.63, 3.8) is 0 Å². The van der Waals surface area contributed by atoms with Crippen molar-refractivity contribution in [2.45, 2.75) is 5.03 Å². The Morgan fingerprint density at radius 2 is 1.08 bits per heavy atom. The maximum atomic E-state index is 4.35. The van der Waals surface area contributed by atoms with Gasteiger partial charge in [0.15, 0.2) is 0 Å². The Balaban J connectivity index is 2.01. The zero-order valence-corrected chi connectivity index (χ0v) is 16.5. The second-order valence-corrected chi connectivity index (χ2v) is 17.3. The molecule has 0 aliphatic rings. The van der Waals surface area contributed by atoms with Crippen LogP contribution in [0.1, 0.15) is 0 Å². The van der Waals surface area contributed by atoms with Crippen LogP contribution in [0.25, 0.3) is 0 Å². The SMILES string of the molecule is c1cc[c]([Ge]([S]c2cn[nH]n2)([c]2ccccc2)[c]2ccccc2)cc1. The summed E-state index contributed by atoms with van der Waals surface area (Å²) in [5.41, 5.74) is 0. The summed E-state index contributed by atoms with van der Waals surface area (Å²) in [6.07, 6.45) is 1.82. The average molecular weight is 404 g/mol. The molecule has 0 bridgehead atoms. The van der Waals surface area contributed by atoms with Crippen molar-refractivity contribution in [2.24, 2.45) is 0 Å². The third kappa shape index (κ3) is 3.15. The van der Waals surface area contributed by atoms with E-state index >= 15 is 0 Å². The summed E-state index contributed by atoms with van der Waals surface area (Å²) >= 11 is -3.01. The Morgan fingerprint density at radius 3 is 1.44 bits per heavy atom. The number of aromatic amines is 1. The Kier molecular flexibility index (Phi) is 4.72. The van der Waals surface area contributed by atoms with Crippen LogP contribution in [0.5, 0.6) is 0 Å². The third-order valence-corrected chi connectivity index (χ3v) is 19.0. The summed E-state index contributed by atoms with van der Waals surface area (Å²) in [6.45, 7) is 0. The summed E-state index contributed by atoms with van der Waals surface area (Å²) < 4.78 is 4.19. The Labute approximate surface area is 152 Å². The van der Waals surface area contributed by atoms with Crippen molar-refractivity contribution in [3.8, 4) is 0 Å². The van der Waals surface area contributed by atoms with Gasteiger partial charge in [0.2, 0.25) is 0 Å². The van der Waals surface area contributed by atoms with Crippen LogP contribution in [-0.4, -0.2) is 27.5 Å². The molecule has 0 atom stereocenters. The minimum atomic E-state index is -3.01. The second kappa shape index (κ2) is 7.29. The molecule has 1 aromatic heterocycles. The molecule has 4 aromatic rings. The number of rotatable bonds is 5. The van der Waals surface area contributed by atoms with E-state index < -0.39 is 12.1 Å². The molecular weight excluding hydrogens is 387 g/mol. The van der Waals surface area contributed by atoms with Gasteiger partial charge in [0, 0.05) is 0 Å². The van der Waals surface area contributed by atoms with E-state index in [0.717, 1.165) is 5.03 Å². The number of nitrogens with one attached hydrogen (secondary N) is 1. The summed E-state index contributed by atoms with van der Waals surface area (Å²) in [5, 5.41) is 12.1. The Morgan fingerprint density at radius 1 is 0.640 bits per heavy atom. The quantitative estimate of drug-likeness (QED) is 0.521. The van der Waals surface area contributed by atoms with Crippen molar-refractivity contribution in [2.75, 3.05) is 0 Å². The number of nitrogens with zero attached hydrogens (tertiary/aromatic N) is 2. The van der Waals surface area contributed by atoms with Gasteiger partial charge < -0.3 is 0 Å². The first-order valence-corrected chi connectivity index (χ1v) is 14.6. The number of hydrogen-bond donors (Lipinski definition) is 1. The number of aromatic nitrogens is 3. The first-order valence-electron chi connectivity index (χ1n) is 8.11. The minimum absolute atomic E-state index is 0.941. The summed E-state index contributed by atoms with van der Waals surface area (Å²) in [6, 6.07) is 32.5. The van der Waals surface area contributed by atoms with E-state index in [1.54, 1.807) is 0 Å². The van der Waals surface area contributed by atoms with Crippen LogP contribution in [0, 0.1) is 0 Å². The first kappa shape index (κ1) is 16.2. The van der Waals surface area contributed by atoms with Crippen LogP contribution < -0.4 is 13.2 Å². The van der Waals surface area contributed by atoms with Gasteiger partial charge in [-0.3, -0.25) is 0 Å². The first-order chi connectivity index (χ1) is 12.4. The van der Waals surface area contributed by atoms with Gasteiger partial charge in [-0.1, -0.05) is 0 Å². The van der Waals surface area contributed by atoms with Crippen molar-refractivity contribution < 1.29 is 0 Å². The average Bonchev–Trinajstić information content (AvgIpc) is 3.21. The molecule has 25 heavy (non-hydrogen) atoms. The van der Waals surface area contributed by atoms with Crippen LogP contribution in [0.4, 0.5) is 0 Å². The van der Waals surface area contributed by atoms with E-state index in [4.69, 9.17) is 0 Å². The Bertz CT molecular complexity index is 816. The molecule has 0 spiro atoms. The normalized spacial score (nSPS) is 11.4. The van der Waals surface area contributed by atoms with E-state index in [1.807, 2.05) is 16.3 Å². The van der Waals surface area contributed by atoms with Gasteiger partial charge in [-0.05, 0) is 0 Å². The number of hydrogen-bond acceptors (Lipinski definition) is 3. The molecule has 0 saturated heterocycles. The van der Waals surface area contributed by atoms with Gasteiger partial charge in [-0.25, -0.2) is 0 Å². The molecule has 122 valence electrons. The van der Waals surface area contributed by atoms with E-state index in [9.17, 15) is 0 Å². The molecule has 5 heteroatoms. The molecule has 1 N–H and O–H groups in total. The molecule has 0 amide bonds. The van der Waals surface area contributed by atoms with E-state index in [0.29, 0.717) is 0 Å². The molecule has 1 heterocycles. The fourth-order valence-electron chi connectivity index (χ4n) is 3.09. The van der Waals surface area contributed by atoms with E-state index in [2.05, 4.69) is 106 Å². The number of benzene rings is 3. The van der Waals surface area contributed by atoms with Crippen LogP contribution in [0.15, 0.2) is 102 Å². The van der Waals surface area contributed by atoms with Crippen LogP contribution in [-0.2, 0) is 0 Å². The second-order valence-electron chi connectivity index (χ2n) is 5.69. The molecule has 0 unspecified atom stereocenters. The molecule has 0 fully saturated rings. The molecule has 3 aromatic carbocycles. The summed E-state index contributed by atoms with van der Waals surface area (Å²) in [7, 11) is 1.88. The van der Waals surface area contributed by atoms with Gasteiger partial charge in [-0.15, -0.1) is 0 Å². The molecular formula is C20H17GeN3S. The monoisotopic (exact) mass is 405 g/mol. The van der Waals surface area contributed by atoms with Gasteiger partial charge in [-0.2, -0.15) is 0 Å².